The molecular weight excluding hydrogens is 350 g/mol. The fourth-order valence-electron chi connectivity index (χ4n) is 3.52. The molecule has 0 aromatic heterocycles. The number of halogens is 1. The molecule has 0 aliphatic carbocycles. The molecule has 1 rings (SSSR count). The van der Waals surface area contributed by atoms with E-state index in [9.17, 15) is 4.79 Å². The first kappa shape index (κ1) is 22.0. The van der Waals surface area contributed by atoms with E-state index in [0.29, 0.717) is 27.4 Å². The third-order valence-electron chi connectivity index (χ3n) is 4.86. The van der Waals surface area contributed by atoms with Gasteiger partial charge in [0.15, 0.2) is 0 Å². The Bertz CT molecular complexity index is 584. The van der Waals surface area contributed by atoms with Gasteiger partial charge in [0, 0.05) is 17.2 Å². The van der Waals surface area contributed by atoms with Crippen molar-refractivity contribution in [3.8, 4) is 5.75 Å². The van der Waals surface area contributed by atoms with Crippen molar-refractivity contribution in [3.05, 3.63) is 23.2 Å². The van der Waals surface area contributed by atoms with Gasteiger partial charge in [0.05, 0.1) is 5.02 Å². The number of nitrogens with one attached hydrogen (secondary N) is 1. The van der Waals surface area contributed by atoms with Gasteiger partial charge in [-0.25, -0.2) is 0 Å². The van der Waals surface area contributed by atoms with Gasteiger partial charge in [-0.05, 0) is 28.8 Å². The lowest BCUT2D eigenvalue weighted by Gasteiger charge is -2.42. The fraction of sp³-hybridized carbons (Fsp3) is 0.650. The molecule has 0 aliphatic rings. The zero-order valence-electron chi connectivity index (χ0n) is 17.2. The number of rotatable bonds is 6. The Morgan fingerprint density at radius 1 is 1.04 bits per heavy atom. The highest BCUT2D eigenvalue weighted by atomic mass is 35.5. The molecule has 0 atom stereocenters. The summed E-state index contributed by atoms with van der Waals surface area (Å²) in [4.78, 5) is 12.3. The zero-order valence-corrected chi connectivity index (χ0v) is 18.9. The van der Waals surface area contributed by atoms with Crippen molar-refractivity contribution < 1.29 is 9.22 Å². The summed E-state index contributed by atoms with van der Waals surface area (Å²) in [7, 11) is -2.10. The van der Waals surface area contributed by atoms with Crippen molar-refractivity contribution in [2.75, 3.05) is 5.32 Å². The summed E-state index contributed by atoms with van der Waals surface area (Å²) in [5.41, 5.74) is 1.63. The molecule has 0 radical (unpaired) electrons. The summed E-state index contributed by atoms with van der Waals surface area (Å²) in [5.74, 6) is 0.650. The second-order valence-corrected chi connectivity index (χ2v) is 14.6. The van der Waals surface area contributed by atoms with Crippen molar-refractivity contribution in [2.24, 2.45) is 5.41 Å². The summed E-state index contributed by atoms with van der Waals surface area (Å²) in [6.45, 7) is 19.1. The van der Waals surface area contributed by atoms with Gasteiger partial charge in [0.2, 0.25) is 5.91 Å². The average Bonchev–Trinajstić information content (AvgIpc) is 2.45. The lowest BCUT2D eigenvalue weighted by molar-refractivity contribution is -0.123. The first-order chi connectivity index (χ1) is 11.3. The van der Waals surface area contributed by atoms with E-state index in [1.807, 2.05) is 32.9 Å². The highest BCUT2D eigenvalue weighted by Gasteiger charge is 2.47. The molecular formula is C20H34ClNO2Si. The van der Waals surface area contributed by atoms with Crippen LogP contribution in [-0.2, 0) is 4.79 Å². The van der Waals surface area contributed by atoms with Crippen LogP contribution in [0.5, 0.6) is 5.75 Å². The minimum atomic E-state index is -2.10. The summed E-state index contributed by atoms with van der Waals surface area (Å²) in [6, 6.07) is 5.48. The van der Waals surface area contributed by atoms with Crippen LogP contribution in [0.4, 0.5) is 5.69 Å². The molecule has 5 heteroatoms. The van der Waals surface area contributed by atoms with Crippen molar-refractivity contribution >= 4 is 31.5 Å². The minimum Gasteiger partial charge on any atom is -0.542 e. The van der Waals surface area contributed by atoms with E-state index >= 15 is 0 Å². The first-order valence-electron chi connectivity index (χ1n) is 9.12. The molecule has 0 heterocycles. The molecule has 0 spiro atoms. The van der Waals surface area contributed by atoms with Gasteiger partial charge >= 0.3 is 0 Å². The van der Waals surface area contributed by atoms with E-state index in [1.54, 1.807) is 6.07 Å². The lowest BCUT2D eigenvalue weighted by atomic mass is 9.95. The molecule has 0 aliphatic heterocycles. The quantitative estimate of drug-likeness (QED) is 0.543. The first-order valence-corrected chi connectivity index (χ1v) is 11.6. The van der Waals surface area contributed by atoms with Crippen molar-refractivity contribution in [1.29, 1.82) is 0 Å². The van der Waals surface area contributed by atoms with Crippen LogP contribution in [0, 0.1) is 5.41 Å². The summed E-state index contributed by atoms with van der Waals surface area (Å²) in [6.07, 6.45) is 0. The van der Waals surface area contributed by atoms with Gasteiger partial charge in [-0.1, -0.05) is 73.9 Å². The van der Waals surface area contributed by atoms with Crippen LogP contribution in [0.2, 0.25) is 21.6 Å². The predicted molar refractivity (Wildman–Crippen MR) is 111 cm³/mol. The fourth-order valence-corrected chi connectivity index (χ4v) is 9.00. The summed E-state index contributed by atoms with van der Waals surface area (Å²) in [5, 5.41) is 3.55. The minimum absolute atomic E-state index is 0.0270. The molecule has 1 aromatic rings. The molecule has 3 nitrogen and oxygen atoms in total. The third kappa shape index (κ3) is 5.01. The molecule has 142 valence electrons. The molecule has 1 amide bonds. The molecule has 1 N–H and O–H groups in total. The van der Waals surface area contributed by atoms with E-state index in [-0.39, 0.29) is 5.91 Å². The van der Waals surface area contributed by atoms with Gasteiger partial charge in [0.25, 0.3) is 8.32 Å². The number of hydrogen-bond acceptors (Lipinski definition) is 2. The predicted octanol–water partition coefficient (Wildman–Crippen LogP) is 6.88. The van der Waals surface area contributed by atoms with Crippen LogP contribution in [0.3, 0.4) is 0 Å². The molecule has 25 heavy (non-hydrogen) atoms. The standard InChI is InChI=1S/C20H34ClNO2Si/c1-13(2)25(14(3)4,15(5)6)24-18-12-16(10-11-17(18)21)22-19(23)20(7,8)9/h10-15H,1-9H3,(H,22,23). The molecule has 0 bridgehead atoms. The van der Waals surface area contributed by atoms with E-state index in [4.69, 9.17) is 16.0 Å². The number of anilines is 1. The third-order valence-corrected chi connectivity index (χ3v) is 11.2. The molecule has 0 saturated heterocycles. The van der Waals surface area contributed by atoms with Crippen LogP contribution in [0.25, 0.3) is 0 Å². The number of carbonyl (C=O) groups excluding carboxylic acids is 1. The Labute approximate surface area is 159 Å². The van der Waals surface area contributed by atoms with Gasteiger partial charge in [-0.3, -0.25) is 4.79 Å². The Hall–Kier alpha value is -1.00. The van der Waals surface area contributed by atoms with Crippen LogP contribution < -0.4 is 9.74 Å². The summed E-state index contributed by atoms with van der Waals surface area (Å²) < 4.78 is 6.68. The lowest BCUT2D eigenvalue weighted by Crippen LogP contribution is -2.50. The second kappa shape index (κ2) is 8.13. The van der Waals surface area contributed by atoms with Crippen LogP contribution in [0.1, 0.15) is 62.3 Å². The molecule has 1 aromatic carbocycles. The van der Waals surface area contributed by atoms with Crippen LogP contribution in [0.15, 0.2) is 18.2 Å². The monoisotopic (exact) mass is 383 g/mol. The Morgan fingerprint density at radius 3 is 1.92 bits per heavy atom. The highest BCUT2D eigenvalue weighted by Crippen LogP contribution is 2.44. The van der Waals surface area contributed by atoms with Gasteiger partial charge < -0.3 is 9.74 Å². The van der Waals surface area contributed by atoms with E-state index < -0.39 is 13.7 Å². The van der Waals surface area contributed by atoms with Crippen molar-refractivity contribution in [2.45, 2.75) is 78.9 Å². The molecule has 0 saturated carbocycles. The van der Waals surface area contributed by atoms with Crippen LogP contribution >= 0.6 is 11.6 Å². The smallest absolute Gasteiger partial charge is 0.258 e. The van der Waals surface area contributed by atoms with Crippen molar-refractivity contribution in [3.63, 3.8) is 0 Å². The van der Waals surface area contributed by atoms with Gasteiger partial charge in [0.1, 0.15) is 5.75 Å². The Morgan fingerprint density at radius 2 is 1.52 bits per heavy atom. The maximum atomic E-state index is 12.3. The normalized spacial score (nSPS) is 12.8. The number of hydrogen-bond donors (Lipinski definition) is 1. The Kier molecular flexibility index (Phi) is 7.17. The largest absolute Gasteiger partial charge is 0.542 e. The highest BCUT2D eigenvalue weighted by molar-refractivity contribution is 6.78. The van der Waals surface area contributed by atoms with E-state index in [0.717, 1.165) is 5.69 Å². The van der Waals surface area contributed by atoms with Crippen molar-refractivity contribution in [1.82, 2.24) is 0 Å². The van der Waals surface area contributed by atoms with Crippen LogP contribution in [-0.4, -0.2) is 14.2 Å². The van der Waals surface area contributed by atoms with Gasteiger partial charge in [-0.2, -0.15) is 0 Å². The maximum Gasteiger partial charge on any atom is 0.258 e. The van der Waals surface area contributed by atoms with E-state index in [1.165, 1.54) is 0 Å². The Balaban J connectivity index is 3.24. The number of benzene rings is 1. The summed E-state index contributed by atoms with van der Waals surface area (Å²) >= 11 is 6.43. The van der Waals surface area contributed by atoms with Gasteiger partial charge in [-0.15, -0.1) is 0 Å². The second-order valence-electron chi connectivity index (χ2n) is 8.77. The SMILES string of the molecule is CC(C)[Si](Oc1cc(NC(=O)C(C)(C)C)ccc1Cl)(C(C)C)C(C)C. The zero-order chi connectivity index (χ0) is 19.6. The molecule has 0 unspecified atom stereocenters. The average molecular weight is 384 g/mol. The number of amides is 1. The number of carbonyl (C=O) groups is 1. The molecule has 0 fully saturated rings. The topological polar surface area (TPSA) is 38.3 Å². The maximum absolute atomic E-state index is 12.3. The van der Waals surface area contributed by atoms with E-state index in [2.05, 4.69) is 46.9 Å².